The van der Waals surface area contributed by atoms with Crippen LogP contribution >= 0.6 is 31.9 Å². The van der Waals surface area contributed by atoms with Gasteiger partial charge in [-0.1, -0.05) is 15.9 Å². The molecule has 1 N–H and O–H groups in total. The number of aryl methyl sites for hydroxylation is 1. The van der Waals surface area contributed by atoms with Gasteiger partial charge in [-0.2, -0.15) is 13.2 Å². The third-order valence-electron chi connectivity index (χ3n) is 2.31. The molecule has 0 bridgehead atoms. The third-order valence-corrected chi connectivity index (χ3v) is 5.58. The molecule has 10 heteroatoms. The lowest BCUT2D eigenvalue weighted by atomic mass is 10.2. The van der Waals surface area contributed by atoms with Gasteiger partial charge in [0.05, 0.1) is 11.5 Å². The molecule has 0 amide bonds. The molecule has 21 heavy (non-hydrogen) atoms. The number of ether oxygens (including phenoxy) is 1. The van der Waals surface area contributed by atoms with Gasteiger partial charge < -0.3 is 4.74 Å². The Kier molecular flexibility index (Phi) is 6.66. The molecular formula is C11H12Br2F3NO3S. The van der Waals surface area contributed by atoms with Crippen molar-refractivity contribution in [3.05, 3.63) is 26.6 Å². The molecule has 0 saturated carbocycles. The van der Waals surface area contributed by atoms with Crippen LogP contribution in [0.25, 0.3) is 0 Å². The van der Waals surface area contributed by atoms with E-state index in [1.807, 2.05) is 0 Å². The molecule has 0 spiro atoms. The Morgan fingerprint density at radius 1 is 1.24 bits per heavy atom. The number of rotatable bonds is 6. The molecule has 0 radical (unpaired) electrons. The fourth-order valence-corrected chi connectivity index (χ4v) is 4.04. The van der Waals surface area contributed by atoms with Crippen LogP contribution in [-0.2, 0) is 14.8 Å². The summed E-state index contributed by atoms with van der Waals surface area (Å²) in [6, 6.07) is 3.04. The van der Waals surface area contributed by atoms with Gasteiger partial charge in [0.1, 0.15) is 6.61 Å². The summed E-state index contributed by atoms with van der Waals surface area (Å²) in [4.78, 5) is -0.00389. The highest BCUT2D eigenvalue weighted by atomic mass is 79.9. The Bertz CT molecular complexity index is 605. The van der Waals surface area contributed by atoms with Crippen molar-refractivity contribution in [1.29, 1.82) is 0 Å². The number of hydrogen-bond acceptors (Lipinski definition) is 3. The zero-order valence-electron chi connectivity index (χ0n) is 10.8. The maximum Gasteiger partial charge on any atom is 0.411 e. The summed E-state index contributed by atoms with van der Waals surface area (Å²) in [7, 11) is -3.83. The summed E-state index contributed by atoms with van der Waals surface area (Å²) >= 11 is 6.37. The van der Waals surface area contributed by atoms with Gasteiger partial charge in [-0.15, -0.1) is 0 Å². The van der Waals surface area contributed by atoms with E-state index < -0.39 is 22.8 Å². The minimum Gasteiger partial charge on any atom is -0.371 e. The summed E-state index contributed by atoms with van der Waals surface area (Å²) in [6.45, 7) is -0.238. The van der Waals surface area contributed by atoms with Crippen molar-refractivity contribution in [2.45, 2.75) is 18.0 Å². The Hall–Kier alpha value is -0.160. The molecule has 0 unspecified atom stereocenters. The predicted octanol–water partition coefficient (Wildman–Crippen LogP) is 3.38. The van der Waals surface area contributed by atoms with E-state index in [-0.39, 0.29) is 18.0 Å². The molecule has 0 atom stereocenters. The first-order chi connectivity index (χ1) is 9.53. The molecular weight excluding hydrogens is 443 g/mol. The molecule has 0 aromatic heterocycles. The van der Waals surface area contributed by atoms with E-state index in [1.54, 1.807) is 13.0 Å². The van der Waals surface area contributed by atoms with Crippen LogP contribution in [-0.4, -0.2) is 34.4 Å². The summed E-state index contributed by atoms with van der Waals surface area (Å²) in [5, 5.41) is 0. The topological polar surface area (TPSA) is 55.4 Å². The lowest BCUT2D eigenvalue weighted by molar-refractivity contribution is -0.173. The second kappa shape index (κ2) is 7.40. The zero-order valence-corrected chi connectivity index (χ0v) is 14.8. The highest BCUT2D eigenvalue weighted by molar-refractivity contribution is 9.11. The normalized spacial score (nSPS) is 12.7. The Morgan fingerprint density at radius 3 is 2.43 bits per heavy atom. The largest absolute Gasteiger partial charge is 0.411 e. The Balaban J connectivity index is 2.64. The van der Waals surface area contributed by atoms with Crippen molar-refractivity contribution < 1.29 is 26.3 Å². The molecule has 4 nitrogen and oxygen atoms in total. The van der Waals surface area contributed by atoms with Crippen LogP contribution in [0, 0.1) is 6.92 Å². The van der Waals surface area contributed by atoms with Gasteiger partial charge in [-0.3, -0.25) is 0 Å². The summed E-state index contributed by atoms with van der Waals surface area (Å²) in [6.07, 6.45) is -4.43. The van der Waals surface area contributed by atoms with Crippen molar-refractivity contribution in [2.75, 3.05) is 19.8 Å². The van der Waals surface area contributed by atoms with Gasteiger partial charge in [-0.05, 0) is 40.5 Å². The number of nitrogens with one attached hydrogen (secondary N) is 1. The number of hydrogen-bond donors (Lipinski definition) is 1. The van der Waals surface area contributed by atoms with Crippen molar-refractivity contribution in [2.24, 2.45) is 0 Å². The summed E-state index contributed by atoms with van der Waals surface area (Å²) in [5.74, 6) is 0. The number of alkyl halides is 3. The van der Waals surface area contributed by atoms with Gasteiger partial charge in [-0.25, -0.2) is 13.1 Å². The molecule has 0 saturated heterocycles. The monoisotopic (exact) mass is 453 g/mol. The van der Waals surface area contributed by atoms with E-state index in [0.29, 0.717) is 8.95 Å². The molecule has 120 valence electrons. The van der Waals surface area contributed by atoms with Crippen molar-refractivity contribution >= 4 is 41.9 Å². The molecule has 1 aromatic carbocycles. The Morgan fingerprint density at radius 2 is 1.86 bits per heavy atom. The molecule has 0 aliphatic carbocycles. The minimum absolute atomic E-state index is 0.00389. The van der Waals surface area contributed by atoms with Crippen LogP contribution < -0.4 is 4.72 Å². The lowest BCUT2D eigenvalue weighted by Crippen LogP contribution is -2.29. The zero-order chi connectivity index (χ0) is 16.3. The van der Waals surface area contributed by atoms with Crippen LogP contribution in [0.1, 0.15) is 5.56 Å². The first-order valence-corrected chi connectivity index (χ1v) is 8.69. The number of halogens is 5. The first-order valence-electron chi connectivity index (χ1n) is 5.63. The van der Waals surface area contributed by atoms with Crippen molar-refractivity contribution in [3.8, 4) is 0 Å². The van der Waals surface area contributed by atoms with Crippen LogP contribution in [0.5, 0.6) is 0 Å². The minimum atomic E-state index is -4.43. The fourth-order valence-electron chi connectivity index (χ4n) is 1.35. The molecule has 0 heterocycles. The predicted molar refractivity (Wildman–Crippen MR) is 78.6 cm³/mol. The second-order valence-electron chi connectivity index (χ2n) is 4.10. The third kappa shape index (κ3) is 6.23. The molecule has 1 rings (SSSR count). The van der Waals surface area contributed by atoms with Gasteiger partial charge in [0.15, 0.2) is 0 Å². The SMILES string of the molecule is Cc1cc(Br)c(S(=O)(=O)NCCOCC(F)(F)F)cc1Br. The van der Waals surface area contributed by atoms with Gasteiger partial charge >= 0.3 is 6.18 Å². The standard InChI is InChI=1S/C11H12Br2F3NO3S/c1-7-4-9(13)10(5-8(7)12)21(18,19)17-2-3-20-6-11(14,15)16/h4-5,17H,2-3,6H2,1H3. The van der Waals surface area contributed by atoms with E-state index in [2.05, 4.69) is 41.3 Å². The first kappa shape index (κ1) is 18.9. The maximum absolute atomic E-state index is 12.0. The van der Waals surface area contributed by atoms with Crippen molar-refractivity contribution in [1.82, 2.24) is 4.72 Å². The van der Waals surface area contributed by atoms with E-state index in [0.717, 1.165) is 5.56 Å². The maximum atomic E-state index is 12.0. The van der Waals surface area contributed by atoms with Gasteiger partial charge in [0, 0.05) is 15.5 Å². The average molecular weight is 455 g/mol. The smallest absolute Gasteiger partial charge is 0.371 e. The van der Waals surface area contributed by atoms with Gasteiger partial charge in [0.2, 0.25) is 10.0 Å². The van der Waals surface area contributed by atoms with Gasteiger partial charge in [0.25, 0.3) is 0 Å². The quantitative estimate of drug-likeness (QED) is 0.670. The van der Waals surface area contributed by atoms with Crippen LogP contribution in [0.2, 0.25) is 0 Å². The molecule has 0 aliphatic rings. The average Bonchev–Trinajstić information content (AvgIpc) is 2.31. The highest BCUT2D eigenvalue weighted by Gasteiger charge is 2.27. The fraction of sp³-hybridized carbons (Fsp3) is 0.455. The van der Waals surface area contributed by atoms with Crippen molar-refractivity contribution in [3.63, 3.8) is 0 Å². The molecule has 0 fully saturated rings. The number of benzene rings is 1. The molecule has 0 aliphatic heterocycles. The van der Waals surface area contributed by atoms with Crippen LogP contribution in [0.4, 0.5) is 13.2 Å². The second-order valence-corrected chi connectivity index (χ2v) is 7.54. The van der Waals surface area contributed by atoms with E-state index in [4.69, 9.17) is 0 Å². The lowest BCUT2D eigenvalue weighted by Gasteiger charge is -2.11. The highest BCUT2D eigenvalue weighted by Crippen LogP contribution is 2.28. The number of sulfonamides is 1. The molecule has 1 aromatic rings. The van der Waals surface area contributed by atoms with E-state index in [1.165, 1.54) is 6.07 Å². The van der Waals surface area contributed by atoms with Crippen LogP contribution in [0.3, 0.4) is 0 Å². The summed E-state index contributed by atoms with van der Waals surface area (Å²) in [5.41, 5.74) is 0.842. The van der Waals surface area contributed by atoms with Crippen LogP contribution in [0.15, 0.2) is 26.0 Å². The van der Waals surface area contributed by atoms with E-state index in [9.17, 15) is 21.6 Å². The Labute approximate surface area is 137 Å². The summed E-state index contributed by atoms with van der Waals surface area (Å²) < 4.78 is 67.1. The van der Waals surface area contributed by atoms with E-state index >= 15 is 0 Å².